The van der Waals surface area contributed by atoms with Gasteiger partial charge in [0.2, 0.25) is 0 Å². The van der Waals surface area contributed by atoms with E-state index in [1.807, 2.05) is 30.3 Å². The van der Waals surface area contributed by atoms with Crippen molar-refractivity contribution in [3.8, 4) is 0 Å². The number of carbonyl (C=O) groups excluding carboxylic acids is 1. The van der Waals surface area contributed by atoms with Crippen LogP contribution >= 0.6 is 0 Å². The molecule has 3 aromatic rings. The highest BCUT2D eigenvalue weighted by atomic mass is 16.2. The summed E-state index contributed by atoms with van der Waals surface area (Å²) >= 11 is 0. The van der Waals surface area contributed by atoms with Gasteiger partial charge in [0, 0.05) is 54.2 Å². The normalized spacial score (nSPS) is 23.2. The van der Waals surface area contributed by atoms with Gasteiger partial charge in [0.15, 0.2) is 0 Å². The van der Waals surface area contributed by atoms with Crippen molar-refractivity contribution in [1.82, 2.24) is 9.88 Å². The van der Waals surface area contributed by atoms with Crippen molar-refractivity contribution in [3.05, 3.63) is 83.7 Å². The zero-order valence-corrected chi connectivity index (χ0v) is 16.9. The summed E-state index contributed by atoms with van der Waals surface area (Å²) in [6, 6.07) is 19.3. The quantitative estimate of drug-likeness (QED) is 0.695. The van der Waals surface area contributed by atoms with Crippen LogP contribution in [0, 0.1) is 0 Å². The van der Waals surface area contributed by atoms with Crippen LogP contribution in [0.5, 0.6) is 0 Å². The Balaban J connectivity index is 1.44. The van der Waals surface area contributed by atoms with Crippen LogP contribution in [0.3, 0.4) is 0 Å². The number of nitrogens with zero attached hydrogens (tertiary/aromatic N) is 1. The van der Waals surface area contributed by atoms with Crippen LogP contribution in [0.15, 0.2) is 72.6 Å². The highest BCUT2D eigenvalue weighted by molar-refractivity contribution is 5.95. The Morgan fingerprint density at radius 1 is 1.10 bits per heavy atom. The van der Waals surface area contributed by atoms with E-state index in [2.05, 4.69) is 53.5 Å². The zero-order chi connectivity index (χ0) is 19.8. The molecule has 2 bridgehead atoms. The molecule has 2 aromatic carbocycles. The predicted octanol–water partition coefficient (Wildman–Crippen LogP) is 3.19. The third kappa shape index (κ3) is 3.38. The third-order valence-electron chi connectivity index (χ3n) is 6.80. The zero-order valence-electron chi connectivity index (χ0n) is 16.9. The number of likely N-dealkylation sites (N-methyl/N-ethyl adjacent to an activating group) is 1. The summed E-state index contributed by atoms with van der Waals surface area (Å²) in [7, 11) is 2.30. The standard InChI is InChI=1S/C25H27N3O/c1-27-20-11-12-21(27)16-22(15-20)28(25(29)18-7-3-2-4-8-18)14-13-19-17-26-24-10-6-5-9-23(19)24/h2-10,15,17,20-21,26H,11-14,16H2,1H3/p+1/t20-,21+/m0/s1. The fourth-order valence-electron chi connectivity index (χ4n) is 5.05. The lowest BCUT2D eigenvalue weighted by Crippen LogP contribution is -3.14. The topological polar surface area (TPSA) is 40.5 Å². The molecule has 1 saturated heterocycles. The molecule has 29 heavy (non-hydrogen) atoms. The van der Waals surface area contributed by atoms with Gasteiger partial charge >= 0.3 is 0 Å². The summed E-state index contributed by atoms with van der Waals surface area (Å²) in [5.74, 6) is 0.121. The number of aromatic nitrogens is 1. The van der Waals surface area contributed by atoms with Gasteiger partial charge in [0.25, 0.3) is 5.91 Å². The second kappa shape index (κ2) is 7.53. The second-order valence-electron chi connectivity index (χ2n) is 8.42. The average Bonchev–Trinajstić information content (AvgIpc) is 3.24. The highest BCUT2D eigenvalue weighted by Crippen LogP contribution is 2.27. The first-order chi connectivity index (χ1) is 14.2. The van der Waals surface area contributed by atoms with Crippen molar-refractivity contribution in [2.24, 2.45) is 0 Å². The number of fused-ring (bicyclic) bond motifs is 3. The predicted molar refractivity (Wildman–Crippen MR) is 116 cm³/mol. The van der Waals surface area contributed by atoms with E-state index in [4.69, 9.17) is 0 Å². The van der Waals surface area contributed by atoms with Crippen molar-refractivity contribution < 1.29 is 9.69 Å². The minimum atomic E-state index is 0.121. The number of para-hydroxylation sites is 1. The summed E-state index contributed by atoms with van der Waals surface area (Å²) < 4.78 is 0. The monoisotopic (exact) mass is 386 g/mol. The summed E-state index contributed by atoms with van der Waals surface area (Å²) in [6.45, 7) is 0.708. The van der Waals surface area contributed by atoms with Crippen LogP contribution in [-0.4, -0.2) is 41.5 Å². The summed E-state index contributed by atoms with van der Waals surface area (Å²) in [5.41, 5.74) is 4.42. The maximum Gasteiger partial charge on any atom is 0.258 e. The van der Waals surface area contributed by atoms with Crippen molar-refractivity contribution in [1.29, 1.82) is 0 Å². The maximum absolute atomic E-state index is 13.5. The first-order valence-electron chi connectivity index (χ1n) is 10.7. The van der Waals surface area contributed by atoms with E-state index in [0.717, 1.165) is 23.9 Å². The van der Waals surface area contributed by atoms with Gasteiger partial charge in [-0.1, -0.05) is 36.4 Å². The van der Waals surface area contributed by atoms with Crippen LogP contribution in [0.1, 0.15) is 35.2 Å². The van der Waals surface area contributed by atoms with Gasteiger partial charge in [0.1, 0.15) is 6.04 Å². The number of aromatic amines is 1. The van der Waals surface area contributed by atoms with Crippen LogP contribution in [0.4, 0.5) is 0 Å². The number of carbonyl (C=O) groups is 1. The number of H-pyrrole nitrogens is 1. The second-order valence-corrected chi connectivity index (χ2v) is 8.42. The molecule has 0 aliphatic carbocycles. The van der Waals surface area contributed by atoms with Gasteiger partial charge in [-0.2, -0.15) is 0 Å². The summed E-state index contributed by atoms with van der Waals surface area (Å²) in [6.07, 6.45) is 8.79. The molecule has 1 unspecified atom stereocenters. The number of amides is 1. The molecule has 1 aromatic heterocycles. The van der Waals surface area contributed by atoms with Gasteiger partial charge in [-0.05, 0) is 36.3 Å². The van der Waals surface area contributed by atoms with Crippen molar-refractivity contribution >= 4 is 16.8 Å². The molecular weight excluding hydrogens is 358 g/mol. The van der Waals surface area contributed by atoms with Crippen LogP contribution < -0.4 is 4.90 Å². The Hall–Kier alpha value is -2.85. The van der Waals surface area contributed by atoms with E-state index >= 15 is 0 Å². The van der Waals surface area contributed by atoms with Crippen molar-refractivity contribution in [2.75, 3.05) is 13.6 Å². The van der Waals surface area contributed by atoms with E-state index in [9.17, 15) is 4.79 Å². The lowest BCUT2D eigenvalue weighted by Gasteiger charge is -2.33. The Bertz CT molecular complexity index is 1050. The molecule has 1 amide bonds. The molecule has 2 N–H and O–H groups in total. The fourth-order valence-corrected chi connectivity index (χ4v) is 5.05. The van der Waals surface area contributed by atoms with Crippen LogP contribution in [-0.2, 0) is 6.42 Å². The molecule has 0 radical (unpaired) electrons. The van der Waals surface area contributed by atoms with E-state index in [0.29, 0.717) is 18.6 Å². The molecule has 4 nitrogen and oxygen atoms in total. The Labute approximate surface area is 171 Å². The number of hydrogen-bond acceptors (Lipinski definition) is 1. The number of quaternary nitrogens is 1. The largest absolute Gasteiger partial charge is 0.361 e. The van der Waals surface area contributed by atoms with E-state index in [1.165, 1.54) is 29.5 Å². The number of rotatable bonds is 5. The van der Waals surface area contributed by atoms with Crippen molar-refractivity contribution in [3.63, 3.8) is 0 Å². The molecule has 148 valence electrons. The van der Waals surface area contributed by atoms with E-state index < -0.39 is 0 Å². The van der Waals surface area contributed by atoms with E-state index in [1.54, 1.807) is 4.90 Å². The SMILES string of the molecule is C[NH+]1[C@@H]2CC[C@H]1C=C(N(CCc1c[nH]c3ccccc13)C(=O)c1ccccc1)C2. The molecule has 2 aliphatic heterocycles. The number of benzene rings is 2. The van der Waals surface area contributed by atoms with Gasteiger partial charge < -0.3 is 14.8 Å². The van der Waals surface area contributed by atoms with Crippen LogP contribution in [0.25, 0.3) is 10.9 Å². The van der Waals surface area contributed by atoms with Gasteiger partial charge in [-0.3, -0.25) is 4.79 Å². The van der Waals surface area contributed by atoms with Crippen LogP contribution in [0.2, 0.25) is 0 Å². The smallest absolute Gasteiger partial charge is 0.258 e. The van der Waals surface area contributed by atoms with Gasteiger partial charge in [-0.25, -0.2) is 0 Å². The molecular formula is C25H28N3O+. The minimum absolute atomic E-state index is 0.121. The Kier molecular flexibility index (Phi) is 4.72. The highest BCUT2D eigenvalue weighted by Gasteiger charge is 2.40. The first kappa shape index (κ1) is 18.2. The molecule has 3 heterocycles. The number of hydrogen-bond donors (Lipinski definition) is 2. The lowest BCUT2D eigenvalue weighted by atomic mass is 10.0. The molecule has 5 rings (SSSR count). The average molecular weight is 387 g/mol. The molecule has 1 fully saturated rings. The Morgan fingerprint density at radius 2 is 1.90 bits per heavy atom. The summed E-state index contributed by atoms with van der Waals surface area (Å²) in [4.78, 5) is 20.5. The number of nitrogens with one attached hydrogen (secondary N) is 2. The minimum Gasteiger partial charge on any atom is -0.361 e. The molecule has 2 aliphatic rings. The van der Waals surface area contributed by atoms with Gasteiger partial charge in [-0.15, -0.1) is 0 Å². The van der Waals surface area contributed by atoms with E-state index in [-0.39, 0.29) is 5.91 Å². The maximum atomic E-state index is 13.5. The first-order valence-corrected chi connectivity index (χ1v) is 10.7. The van der Waals surface area contributed by atoms with Crippen molar-refractivity contribution in [2.45, 2.75) is 37.8 Å². The van der Waals surface area contributed by atoms with Gasteiger partial charge in [0.05, 0.1) is 13.1 Å². The summed E-state index contributed by atoms with van der Waals surface area (Å²) in [5, 5.41) is 1.25. The molecule has 3 atom stereocenters. The fraction of sp³-hybridized carbons (Fsp3) is 0.320. The molecule has 4 heteroatoms. The third-order valence-corrected chi connectivity index (χ3v) is 6.80. The lowest BCUT2D eigenvalue weighted by molar-refractivity contribution is -0.912. The molecule has 0 saturated carbocycles. The Morgan fingerprint density at radius 3 is 2.72 bits per heavy atom. The molecule has 0 spiro atoms.